The molecule has 0 amide bonds. The Morgan fingerprint density at radius 3 is 2.09 bits per heavy atom. The van der Waals surface area contributed by atoms with Crippen LogP contribution in [0.4, 0.5) is 9.93 Å². The predicted octanol–water partition coefficient (Wildman–Crippen LogP) is 4.34. The SMILES string of the molecule is CNc1ccc2c(cc([Si](F)(C(C)(C)C)C(C)(C)C)n2C)n1. The average molecular weight is 322 g/mol. The van der Waals surface area contributed by atoms with E-state index in [0.29, 0.717) is 0 Å². The number of nitrogens with zero attached hydrogens (tertiary/aromatic N) is 2. The van der Waals surface area contributed by atoms with Crippen LogP contribution in [-0.4, -0.2) is 25.0 Å². The summed E-state index contributed by atoms with van der Waals surface area (Å²) in [5.74, 6) is 0.808. The second-order valence-corrected chi connectivity index (χ2v) is 12.9. The van der Waals surface area contributed by atoms with Gasteiger partial charge in [-0.3, -0.25) is 0 Å². The van der Waals surface area contributed by atoms with Crippen LogP contribution in [0.3, 0.4) is 0 Å². The van der Waals surface area contributed by atoms with Gasteiger partial charge in [-0.2, -0.15) is 0 Å². The van der Waals surface area contributed by atoms with E-state index in [4.69, 9.17) is 0 Å². The van der Waals surface area contributed by atoms with Gasteiger partial charge in [-0.15, -0.1) is 0 Å². The number of anilines is 1. The summed E-state index contributed by atoms with van der Waals surface area (Å²) in [5, 5.41) is 3.09. The molecule has 0 aliphatic rings. The van der Waals surface area contributed by atoms with Crippen LogP contribution in [0.15, 0.2) is 18.2 Å². The summed E-state index contributed by atoms with van der Waals surface area (Å²) in [4.78, 5) is 4.58. The van der Waals surface area contributed by atoms with E-state index in [-0.39, 0.29) is 10.1 Å². The Hall–Kier alpha value is -1.36. The van der Waals surface area contributed by atoms with E-state index in [1.54, 1.807) is 0 Å². The van der Waals surface area contributed by atoms with Gasteiger partial charge < -0.3 is 14.0 Å². The Morgan fingerprint density at radius 1 is 1.09 bits per heavy atom. The molecule has 5 heteroatoms. The molecule has 3 nitrogen and oxygen atoms in total. The molecule has 0 atom stereocenters. The maximum absolute atomic E-state index is 16.5. The second-order valence-electron chi connectivity index (χ2n) is 8.10. The molecular formula is C17H28FN3Si. The van der Waals surface area contributed by atoms with Gasteiger partial charge in [0.1, 0.15) is 5.82 Å². The maximum Gasteiger partial charge on any atom is 0.304 e. The van der Waals surface area contributed by atoms with Crippen molar-refractivity contribution in [1.29, 1.82) is 0 Å². The third kappa shape index (κ3) is 2.35. The van der Waals surface area contributed by atoms with Crippen molar-refractivity contribution in [2.75, 3.05) is 12.4 Å². The monoisotopic (exact) mass is 321 g/mol. The zero-order valence-electron chi connectivity index (χ0n) is 15.0. The molecule has 0 bridgehead atoms. The van der Waals surface area contributed by atoms with E-state index in [1.807, 2.05) is 78.4 Å². The third-order valence-corrected chi connectivity index (χ3v) is 9.89. The van der Waals surface area contributed by atoms with Gasteiger partial charge in [-0.05, 0) is 28.3 Å². The molecule has 0 radical (unpaired) electrons. The number of aromatic nitrogens is 2. The van der Waals surface area contributed by atoms with E-state index in [0.717, 1.165) is 22.2 Å². The molecule has 2 aromatic heterocycles. The lowest BCUT2D eigenvalue weighted by molar-refractivity contribution is 0.530. The lowest BCUT2D eigenvalue weighted by atomic mass is 10.2. The first kappa shape index (κ1) is 17.0. The van der Waals surface area contributed by atoms with E-state index in [9.17, 15) is 0 Å². The highest BCUT2D eigenvalue weighted by atomic mass is 28.4. The molecule has 0 aliphatic heterocycles. The fourth-order valence-electron chi connectivity index (χ4n) is 3.58. The molecule has 0 unspecified atom stereocenters. The molecule has 2 heterocycles. The number of hydrogen-bond donors (Lipinski definition) is 1. The normalized spacial score (nSPS) is 13.7. The quantitative estimate of drug-likeness (QED) is 0.659. The lowest BCUT2D eigenvalue weighted by Gasteiger charge is -2.44. The number of nitrogens with one attached hydrogen (secondary N) is 1. The van der Waals surface area contributed by atoms with E-state index < -0.39 is 8.41 Å². The van der Waals surface area contributed by atoms with Crippen LogP contribution in [0.25, 0.3) is 11.0 Å². The Morgan fingerprint density at radius 2 is 1.64 bits per heavy atom. The van der Waals surface area contributed by atoms with Crippen molar-refractivity contribution in [3.05, 3.63) is 18.2 Å². The summed E-state index contributed by atoms with van der Waals surface area (Å²) >= 11 is 0. The van der Waals surface area contributed by atoms with Gasteiger partial charge in [0.15, 0.2) is 0 Å². The van der Waals surface area contributed by atoms with Crippen molar-refractivity contribution in [3.8, 4) is 0 Å². The van der Waals surface area contributed by atoms with Crippen molar-refractivity contribution >= 4 is 30.6 Å². The molecule has 0 saturated carbocycles. The van der Waals surface area contributed by atoms with Gasteiger partial charge in [0.05, 0.1) is 11.0 Å². The molecular weight excluding hydrogens is 293 g/mol. The number of pyridine rings is 1. The van der Waals surface area contributed by atoms with Crippen LogP contribution in [0, 0.1) is 0 Å². The molecule has 0 spiro atoms. The summed E-state index contributed by atoms with van der Waals surface area (Å²) in [6, 6.07) is 5.90. The number of rotatable bonds is 2. The predicted molar refractivity (Wildman–Crippen MR) is 96.2 cm³/mol. The number of fused-ring (bicyclic) bond motifs is 1. The van der Waals surface area contributed by atoms with Crippen molar-refractivity contribution in [2.24, 2.45) is 7.05 Å². The van der Waals surface area contributed by atoms with Crippen molar-refractivity contribution in [3.63, 3.8) is 0 Å². The molecule has 0 aromatic carbocycles. The number of aryl methyl sites for hydroxylation is 1. The molecule has 0 aliphatic carbocycles. The minimum atomic E-state index is -3.28. The van der Waals surface area contributed by atoms with Crippen LogP contribution in [-0.2, 0) is 7.05 Å². The minimum Gasteiger partial charge on any atom is -0.373 e. The summed E-state index contributed by atoms with van der Waals surface area (Å²) < 4.78 is 18.5. The lowest BCUT2D eigenvalue weighted by Crippen LogP contribution is -2.60. The number of halogens is 1. The highest BCUT2D eigenvalue weighted by Gasteiger charge is 2.58. The Balaban J connectivity index is 2.78. The maximum atomic E-state index is 16.5. The fourth-order valence-corrected chi connectivity index (χ4v) is 8.28. The van der Waals surface area contributed by atoms with Gasteiger partial charge in [0.25, 0.3) is 0 Å². The van der Waals surface area contributed by atoms with Gasteiger partial charge in [0.2, 0.25) is 0 Å². The smallest absolute Gasteiger partial charge is 0.304 e. The van der Waals surface area contributed by atoms with Crippen LogP contribution < -0.4 is 10.6 Å². The summed E-state index contributed by atoms with van der Waals surface area (Å²) in [7, 11) is 0.518. The zero-order valence-corrected chi connectivity index (χ0v) is 16.0. The molecule has 0 saturated heterocycles. The first-order valence-corrected chi connectivity index (χ1v) is 9.65. The molecule has 0 fully saturated rings. The Bertz CT molecular complexity index is 678. The molecule has 2 rings (SSSR count). The Labute approximate surface area is 134 Å². The standard InChI is InChI=1S/C17H28FN3Si/c1-16(2,3)22(18,17(4,5)6)15-11-12-13(21(15)8)9-10-14(19-7)20-12/h9-11H,1-8H3,(H,19,20). The van der Waals surface area contributed by atoms with Crippen molar-refractivity contribution < 1.29 is 4.11 Å². The molecule has 122 valence electrons. The van der Waals surface area contributed by atoms with Gasteiger partial charge in [-0.1, -0.05) is 41.5 Å². The number of hydrogen-bond acceptors (Lipinski definition) is 2. The van der Waals surface area contributed by atoms with Crippen LogP contribution in [0.1, 0.15) is 41.5 Å². The second kappa shape index (κ2) is 5.08. The molecule has 1 N–H and O–H groups in total. The van der Waals surface area contributed by atoms with Gasteiger partial charge in [-0.25, -0.2) is 4.98 Å². The van der Waals surface area contributed by atoms with Gasteiger partial charge >= 0.3 is 8.41 Å². The van der Waals surface area contributed by atoms with Crippen LogP contribution >= 0.6 is 0 Å². The fraction of sp³-hybridized carbons (Fsp3) is 0.588. The molecule has 2 aromatic rings. The Kier molecular flexibility index (Phi) is 3.93. The minimum absolute atomic E-state index is 0.390. The van der Waals surface area contributed by atoms with E-state index in [2.05, 4.69) is 10.3 Å². The first-order valence-electron chi connectivity index (χ1n) is 7.77. The first-order chi connectivity index (χ1) is 9.93. The summed E-state index contributed by atoms with van der Waals surface area (Å²) in [5.41, 5.74) is 1.84. The third-order valence-electron chi connectivity index (χ3n) is 4.57. The van der Waals surface area contributed by atoms with E-state index >= 15 is 4.11 Å². The largest absolute Gasteiger partial charge is 0.373 e. The van der Waals surface area contributed by atoms with Crippen molar-refractivity contribution in [1.82, 2.24) is 9.55 Å². The summed E-state index contributed by atoms with van der Waals surface area (Å²) in [6.07, 6.45) is 0. The van der Waals surface area contributed by atoms with Crippen LogP contribution in [0.2, 0.25) is 10.1 Å². The zero-order chi connectivity index (χ0) is 16.9. The van der Waals surface area contributed by atoms with E-state index in [1.165, 1.54) is 0 Å². The highest BCUT2D eigenvalue weighted by Crippen LogP contribution is 2.51. The topological polar surface area (TPSA) is 29.9 Å². The average Bonchev–Trinajstić information content (AvgIpc) is 2.72. The molecule has 22 heavy (non-hydrogen) atoms. The van der Waals surface area contributed by atoms with Crippen molar-refractivity contribution in [2.45, 2.75) is 51.6 Å². The highest BCUT2D eigenvalue weighted by molar-refractivity contribution is 6.90. The van der Waals surface area contributed by atoms with Crippen LogP contribution in [0.5, 0.6) is 0 Å². The summed E-state index contributed by atoms with van der Waals surface area (Å²) in [6.45, 7) is 12.1. The van der Waals surface area contributed by atoms with Gasteiger partial charge in [0, 0.05) is 19.4 Å².